The number of nitrogens with zero attached hydrogens (tertiary/aromatic N) is 1. The van der Waals surface area contributed by atoms with Crippen molar-refractivity contribution in [3.05, 3.63) is 0 Å². The lowest BCUT2D eigenvalue weighted by Crippen LogP contribution is -2.37. The van der Waals surface area contributed by atoms with Crippen LogP contribution in [0.3, 0.4) is 0 Å². The van der Waals surface area contributed by atoms with Crippen LogP contribution in [0.4, 0.5) is 0 Å². The van der Waals surface area contributed by atoms with Crippen LogP contribution < -0.4 is 10.6 Å². The number of hydrogen-bond donors (Lipinski definition) is 2. The second-order valence-electron chi connectivity index (χ2n) is 6.18. The summed E-state index contributed by atoms with van der Waals surface area (Å²) in [6, 6.07) is 0. The van der Waals surface area contributed by atoms with Gasteiger partial charge < -0.3 is 10.6 Å². The second-order valence-corrected chi connectivity index (χ2v) is 6.18. The Morgan fingerprint density at radius 2 is 1.73 bits per heavy atom. The van der Waals surface area contributed by atoms with Gasteiger partial charge in [-0.05, 0) is 25.8 Å². The Kier molecular flexibility index (Phi) is 6.36. The fourth-order valence-corrected chi connectivity index (χ4v) is 3.35. The Bertz CT molecular complexity index is 401. The highest BCUT2D eigenvalue weighted by Crippen LogP contribution is 2.37. The first kappa shape index (κ1) is 16.9. The Morgan fingerprint density at radius 3 is 2.32 bits per heavy atom. The van der Waals surface area contributed by atoms with Gasteiger partial charge in [-0.2, -0.15) is 0 Å². The van der Waals surface area contributed by atoms with Gasteiger partial charge in [-0.1, -0.05) is 19.8 Å². The molecular weight excluding hydrogens is 282 g/mol. The molecule has 3 amide bonds. The third kappa shape index (κ3) is 4.06. The molecule has 0 spiro atoms. The summed E-state index contributed by atoms with van der Waals surface area (Å²) in [4.78, 5) is 37.6. The van der Waals surface area contributed by atoms with Crippen LogP contribution in [0.2, 0.25) is 0 Å². The van der Waals surface area contributed by atoms with Crippen LogP contribution in [0, 0.1) is 11.8 Å². The zero-order valence-electron chi connectivity index (χ0n) is 13.4. The van der Waals surface area contributed by atoms with E-state index in [2.05, 4.69) is 17.6 Å². The van der Waals surface area contributed by atoms with Gasteiger partial charge in [0, 0.05) is 26.1 Å². The van der Waals surface area contributed by atoms with E-state index in [-0.39, 0.29) is 42.5 Å². The van der Waals surface area contributed by atoms with Crippen LogP contribution in [-0.4, -0.2) is 48.8 Å². The highest BCUT2D eigenvalue weighted by Gasteiger charge is 2.47. The minimum atomic E-state index is -0.123. The van der Waals surface area contributed by atoms with Crippen molar-refractivity contribution in [3.8, 4) is 0 Å². The predicted molar refractivity (Wildman–Crippen MR) is 83.0 cm³/mol. The summed E-state index contributed by atoms with van der Waals surface area (Å²) in [7, 11) is 0. The Balaban J connectivity index is 1.71. The number of fused-ring (bicyclic) bond motifs is 1. The maximum absolute atomic E-state index is 12.3. The van der Waals surface area contributed by atoms with Gasteiger partial charge in [-0.25, -0.2) is 0 Å². The molecule has 124 valence electrons. The molecule has 2 atom stereocenters. The summed E-state index contributed by atoms with van der Waals surface area (Å²) in [6.45, 7) is 4.57. The first-order valence-electron chi connectivity index (χ1n) is 8.47. The minimum absolute atomic E-state index is 0.0629. The number of amides is 3. The van der Waals surface area contributed by atoms with E-state index >= 15 is 0 Å². The van der Waals surface area contributed by atoms with Crippen molar-refractivity contribution >= 4 is 17.7 Å². The molecule has 1 saturated heterocycles. The summed E-state index contributed by atoms with van der Waals surface area (Å²) in [5.74, 6) is -0.474. The summed E-state index contributed by atoms with van der Waals surface area (Å²) in [6.07, 6.45) is 4.96. The average molecular weight is 309 g/mol. The van der Waals surface area contributed by atoms with E-state index in [0.717, 1.165) is 45.2 Å². The van der Waals surface area contributed by atoms with Gasteiger partial charge in [0.2, 0.25) is 17.7 Å². The number of likely N-dealkylation sites (tertiary alicyclic amines) is 1. The standard InChI is InChI=1S/C16H27N3O3/c1-2-8-17-9-10-18-14(20)7-11-19-15(21)12-5-3-4-6-13(12)16(19)22/h12-13,17H,2-11H2,1H3,(H,18,20). The fraction of sp³-hybridized carbons (Fsp3) is 0.812. The molecule has 2 N–H and O–H groups in total. The highest BCUT2D eigenvalue weighted by molar-refractivity contribution is 6.05. The molecule has 22 heavy (non-hydrogen) atoms. The van der Waals surface area contributed by atoms with Crippen LogP contribution in [0.25, 0.3) is 0 Å². The SMILES string of the molecule is CCCNCCNC(=O)CCN1C(=O)C2CCCCC2C1=O. The monoisotopic (exact) mass is 309 g/mol. The van der Waals surface area contributed by atoms with Gasteiger partial charge in [0.15, 0.2) is 0 Å². The highest BCUT2D eigenvalue weighted by atomic mass is 16.2. The molecule has 6 heteroatoms. The third-order valence-corrected chi connectivity index (χ3v) is 4.55. The van der Waals surface area contributed by atoms with Crippen molar-refractivity contribution in [1.29, 1.82) is 0 Å². The topological polar surface area (TPSA) is 78.5 Å². The zero-order valence-corrected chi connectivity index (χ0v) is 13.4. The van der Waals surface area contributed by atoms with Crippen molar-refractivity contribution in [2.75, 3.05) is 26.2 Å². The summed E-state index contributed by atoms with van der Waals surface area (Å²) >= 11 is 0. The molecule has 0 radical (unpaired) electrons. The van der Waals surface area contributed by atoms with E-state index in [1.807, 2.05) is 0 Å². The molecule has 2 aliphatic rings. The van der Waals surface area contributed by atoms with Gasteiger partial charge in [0.1, 0.15) is 0 Å². The molecular formula is C16H27N3O3. The van der Waals surface area contributed by atoms with Crippen molar-refractivity contribution in [1.82, 2.24) is 15.5 Å². The molecule has 0 aromatic heterocycles. The maximum Gasteiger partial charge on any atom is 0.233 e. The molecule has 1 aliphatic heterocycles. The van der Waals surface area contributed by atoms with Gasteiger partial charge in [-0.3, -0.25) is 19.3 Å². The number of imide groups is 1. The largest absolute Gasteiger partial charge is 0.355 e. The van der Waals surface area contributed by atoms with E-state index in [9.17, 15) is 14.4 Å². The van der Waals surface area contributed by atoms with E-state index in [4.69, 9.17) is 0 Å². The van der Waals surface area contributed by atoms with Crippen LogP contribution in [0.5, 0.6) is 0 Å². The first-order valence-corrected chi connectivity index (χ1v) is 8.47. The number of carbonyl (C=O) groups excluding carboxylic acids is 3. The Morgan fingerprint density at radius 1 is 1.09 bits per heavy atom. The summed E-state index contributed by atoms with van der Waals surface area (Å²) in [5.41, 5.74) is 0. The van der Waals surface area contributed by atoms with E-state index < -0.39 is 0 Å². The molecule has 2 fully saturated rings. The van der Waals surface area contributed by atoms with E-state index in [1.165, 1.54) is 4.90 Å². The minimum Gasteiger partial charge on any atom is -0.355 e. The lowest BCUT2D eigenvalue weighted by Gasteiger charge is -2.19. The molecule has 0 aromatic rings. The number of hydrogen-bond acceptors (Lipinski definition) is 4. The third-order valence-electron chi connectivity index (χ3n) is 4.55. The first-order chi connectivity index (χ1) is 10.6. The molecule has 0 aromatic carbocycles. The fourth-order valence-electron chi connectivity index (χ4n) is 3.35. The molecule has 1 saturated carbocycles. The van der Waals surface area contributed by atoms with Crippen LogP contribution >= 0.6 is 0 Å². The number of carbonyl (C=O) groups is 3. The lowest BCUT2D eigenvalue weighted by molar-refractivity contribution is -0.140. The van der Waals surface area contributed by atoms with E-state index in [0.29, 0.717) is 6.54 Å². The van der Waals surface area contributed by atoms with Crippen LogP contribution in [0.1, 0.15) is 45.4 Å². The predicted octanol–water partition coefficient (Wildman–Crippen LogP) is 0.667. The van der Waals surface area contributed by atoms with Crippen molar-refractivity contribution in [2.24, 2.45) is 11.8 Å². The van der Waals surface area contributed by atoms with Gasteiger partial charge in [0.25, 0.3) is 0 Å². The molecule has 2 rings (SSSR count). The van der Waals surface area contributed by atoms with E-state index in [1.54, 1.807) is 0 Å². The van der Waals surface area contributed by atoms with Crippen LogP contribution in [0.15, 0.2) is 0 Å². The Hall–Kier alpha value is -1.43. The smallest absolute Gasteiger partial charge is 0.233 e. The normalized spacial score (nSPS) is 24.5. The van der Waals surface area contributed by atoms with Gasteiger partial charge >= 0.3 is 0 Å². The Labute approximate surface area is 132 Å². The van der Waals surface area contributed by atoms with Gasteiger partial charge in [0.05, 0.1) is 11.8 Å². The van der Waals surface area contributed by atoms with Crippen LogP contribution in [-0.2, 0) is 14.4 Å². The molecule has 0 bridgehead atoms. The lowest BCUT2D eigenvalue weighted by atomic mass is 9.81. The average Bonchev–Trinajstić information content (AvgIpc) is 2.77. The van der Waals surface area contributed by atoms with Crippen molar-refractivity contribution in [3.63, 3.8) is 0 Å². The number of nitrogens with one attached hydrogen (secondary N) is 2. The van der Waals surface area contributed by atoms with Crippen molar-refractivity contribution < 1.29 is 14.4 Å². The van der Waals surface area contributed by atoms with Gasteiger partial charge in [-0.15, -0.1) is 0 Å². The number of rotatable bonds is 8. The maximum atomic E-state index is 12.3. The quantitative estimate of drug-likeness (QED) is 0.510. The molecule has 1 heterocycles. The van der Waals surface area contributed by atoms with Crippen molar-refractivity contribution in [2.45, 2.75) is 45.4 Å². The molecule has 1 aliphatic carbocycles. The molecule has 2 unspecified atom stereocenters. The summed E-state index contributed by atoms with van der Waals surface area (Å²) in [5, 5.41) is 6.01. The second kappa shape index (κ2) is 8.27. The zero-order chi connectivity index (χ0) is 15.9. The molecule has 6 nitrogen and oxygen atoms in total. The summed E-state index contributed by atoms with van der Waals surface area (Å²) < 4.78 is 0.